The van der Waals surface area contributed by atoms with E-state index in [1.807, 2.05) is 24.3 Å². The maximum Gasteiger partial charge on any atom is 0.0917 e. The van der Waals surface area contributed by atoms with E-state index in [2.05, 4.69) is 32.6 Å². The molecule has 0 saturated carbocycles. The monoisotopic (exact) mass is 264 g/mol. The molecule has 0 radical (unpaired) electrons. The smallest absolute Gasteiger partial charge is 0.0917 e. The highest BCUT2D eigenvalue weighted by atomic mass is 16.3. The van der Waals surface area contributed by atoms with Gasteiger partial charge in [0.2, 0.25) is 0 Å². The van der Waals surface area contributed by atoms with Crippen LogP contribution in [0.25, 0.3) is 0 Å². The maximum absolute atomic E-state index is 10.3. The Hall–Kier alpha value is -0.900. The lowest BCUT2D eigenvalue weighted by atomic mass is 10.1. The third kappa shape index (κ3) is 5.31. The Balaban J connectivity index is 2.66. The molecule has 0 fully saturated rings. The SMILES string of the molecule is CC(C)CN(CC(O)c1ccc(CN)cc1)C(C)C. The van der Waals surface area contributed by atoms with Crippen LogP contribution in [0.4, 0.5) is 0 Å². The van der Waals surface area contributed by atoms with E-state index in [9.17, 15) is 5.11 Å². The predicted molar refractivity (Wildman–Crippen MR) is 80.8 cm³/mol. The zero-order chi connectivity index (χ0) is 14.4. The van der Waals surface area contributed by atoms with Crippen molar-refractivity contribution in [2.24, 2.45) is 11.7 Å². The van der Waals surface area contributed by atoms with Crippen molar-refractivity contribution in [1.29, 1.82) is 0 Å². The minimum absolute atomic E-state index is 0.437. The second-order valence-corrected chi connectivity index (χ2v) is 5.90. The van der Waals surface area contributed by atoms with E-state index in [0.717, 1.165) is 17.7 Å². The highest BCUT2D eigenvalue weighted by molar-refractivity contribution is 5.24. The summed E-state index contributed by atoms with van der Waals surface area (Å²) >= 11 is 0. The van der Waals surface area contributed by atoms with Crippen LogP contribution in [0.3, 0.4) is 0 Å². The van der Waals surface area contributed by atoms with Crippen molar-refractivity contribution in [3.8, 4) is 0 Å². The van der Waals surface area contributed by atoms with Crippen molar-refractivity contribution in [2.45, 2.75) is 46.4 Å². The molecule has 0 heterocycles. The standard InChI is InChI=1S/C16H28N2O/c1-12(2)10-18(13(3)4)11-16(19)15-7-5-14(9-17)6-8-15/h5-8,12-13,16,19H,9-11,17H2,1-4H3. The molecule has 1 rings (SSSR count). The van der Waals surface area contributed by atoms with Crippen molar-refractivity contribution in [1.82, 2.24) is 4.90 Å². The average molecular weight is 264 g/mol. The van der Waals surface area contributed by atoms with Gasteiger partial charge >= 0.3 is 0 Å². The Labute approximate surface area is 117 Å². The maximum atomic E-state index is 10.3. The Bertz CT molecular complexity index is 360. The fraction of sp³-hybridized carbons (Fsp3) is 0.625. The highest BCUT2D eigenvalue weighted by Crippen LogP contribution is 2.17. The number of nitrogens with two attached hydrogens (primary N) is 1. The number of aliphatic hydroxyl groups is 1. The van der Waals surface area contributed by atoms with Gasteiger partial charge in [0, 0.05) is 25.7 Å². The molecule has 1 atom stereocenters. The third-order valence-electron chi connectivity index (χ3n) is 3.34. The zero-order valence-corrected chi connectivity index (χ0v) is 12.6. The molecule has 0 aliphatic rings. The molecule has 3 nitrogen and oxygen atoms in total. The first-order chi connectivity index (χ1) is 8.93. The van der Waals surface area contributed by atoms with E-state index in [1.165, 1.54) is 0 Å². The lowest BCUT2D eigenvalue weighted by Crippen LogP contribution is -2.37. The number of hydrogen-bond acceptors (Lipinski definition) is 3. The molecule has 0 aromatic heterocycles. The molecule has 108 valence electrons. The molecule has 19 heavy (non-hydrogen) atoms. The molecule has 0 bridgehead atoms. The normalized spacial score (nSPS) is 13.5. The molecule has 1 aromatic rings. The third-order valence-corrected chi connectivity index (χ3v) is 3.34. The molecule has 0 spiro atoms. The van der Waals surface area contributed by atoms with Crippen LogP contribution in [0, 0.1) is 5.92 Å². The molecule has 1 aromatic carbocycles. The summed E-state index contributed by atoms with van der Waals surface area (Å²) in [4.78, 5) is 2.33. The number of aliphatic hydroxyl groups excluding tert-OH is 1. The largest absolute Gasteiger partial charge is 0.387 e. The van der Waals surface area contributed by atoms with Gasteiger partial charge in [0.25, 0.3) is 0 Å². The average Bonchev–Trinajstić information content (AvgIpc) is 2.37. The van der Waals surface area contributed by atoms with Gasteiger partial charge in [-0.25, -0.2) is 0 Å². The van der Waals surface area contributed by atoms with Crippen molar-refractivity contribution in [3.63, 3.8) is 0 Å². The van der Waals surface area contributed by atoms with Gasteiger partial charge in [-0.3, -0.25) is 4.90 Å². The highest BCUT2D eigenvalue weighted by Gasteiger charge is 2.17. The van der Waals surface area contributed by atoms with Crippen LogP contribution in [-0.4, -0.2) is 29.1 Å². The summed E-state index contributed by atoms with van der Waals surface area (Å²) in [6.07, 6.45) is -0.437. The van der Waals surface area contributed by atoms with E-state index < -0.39 is 6.10 Å². The number of rotatable bonds is 7. The number of benzene rings is 1. The summed E-state index contributed by atoms with van der Waals surface area (Å²) in [6.45, 7) is 11.0. The van der Waals surface area contributed by atoms with Gasteiger partial charge in [-0.1, -0.05) is 38.1 Å². The second-order valence-electron chi connectivity index (χ2n) is 5.90. The molecule has 0 aliphatic heterocycles. The van der Waals surface area contributed by atoms with Gasteiger partial charge in [0.1, 0.15) is 0 Å². The lowest BCUT2D eigenvalue weighted by Gasteiger charge is -2.30. The van der Waals surface area contributed by atoms with Gasteiger partial charge in [0.15, 0.2) is 0 Å². The van der Waals surface area contributed by atoms with Crippen molar-refractivity contribution in [3.05, 3.63) is 35.4 Å². The lowest BCUT2D eigenvalue weighted by molar-refractivity contribution is 0.0877. The van der Waals surface area contributed by atoms with Crippen LogP contribution in [0.1, 0.15) is 44.9 Å². The van der Waals surface area contributed by atoms with Crippen LogP contribution >= 0.6 is 0 Å². The number of hydrogen-bond donors (Lipinski definition) is 2. The van der Waals surface area contributed by atoms with E-state index in [0.29, 0.717) is 25.0 Å². The summed E-state index contributed by atoms with van der Waals surface area (Å²) in [5.74, 6) is 0.606. The molecular weight excluding hydrogens is 236 g/mol. The van der Waals surface area contributed by atoms with Crippen LogP contribution in [-0.2, 0) is 6.54 Å². The van der Waals surface area contributed by atoms with E-state index >= 15 is 0 Å². The van der Waals surface area contributed by atoms with Crippen molar-refractivity contribution >= 4 is 0 Å². The Morgan fingerprint density at radius 2 is 1.63 bits per heavy atom. The second kappa shape index (κ2) is 7.63. The summed E-state index contributed by atoms with van der Waals surface area (Å²) in [5, 5.41) is 10.3. The fourth-order valence-electron chi connectivity index (χ4n) is 2.17. The molecular formula is C16H28N2O. The summed E-state index contributed by atoms with van der Waals surface area (Å²) in [5.41, 5.74) is 7.64. The molecule has 3 N–H and O–H groups in total. The summed E-state index contributed by atoms with van der Waals surface area (Å²) in [7, 11) is 0. The summed E-state index contributed by atoms with van der Waals surface area (Å²) in [6, 6.07) is 8.36. The first kappa shape index (κ1) is 16.2. The van der Waals surface area contributed by atoms with E-state index in [-0.39, 0.29) is 0 Å². The Kier molecular flexibility index (Phi) is 6.49. The number of nitrogens with zero attached hydrogens (tertiary/aromatic N) is 1. The van der Waals surface area contributed by atoms with Gasteiger partial charge in [0.05, 0.1) is 6.10 Å². The minimum atomic E-state index is -0.437. The first-order valence-corrected chi connectivity index (χ1v) is 7.15. The molecule has 0 saturated heterocycles. The van der Waals surface area contributed by atoms with E-state index in [4.69, 9.17) is 5.73 Å². The quantitative estimate of drug-likeness (QED) is 0.795. The van der Waals surface area contributed by atoms with E-state index in [1.54, 1.807) is 0 Å². The van der Waals surface area contributed by atoms with Crippen LogP contribution in [0.5, 0.6) is 0 Å². The first-order valence-electron chi connectivity index (χ1n) is 7.15. The van der Waals surface area contributed by atoms with Gasteiger partial charge < -0.3 is 10.8 Å². The summed E-state index contributed by atoms with van der Waals surface area (Å²) < 4.78 is 0. The van der Waals surface area contributed by atoms with Crippen LogP contribution in [0.2, 0.25) is 0 Å². The zero-order valence-electron chi connectivity index (χ0n) is 12.6. The van der Waals surface area contributed by atoms with Crippen LogP contribution in [0.15, 0.2) is 24.3 Å². The van der Waals surface area contributed by atoms with Crippen molar-refractivity contribution in [2.75, 3.05) is 13.1 Å². The van der Waals surface area contributed by atoms with Crippen molar-refractivity contribution < 1.29 is 5.11 Å². The van der Waals surface area contributed by atoms with Gasteiger partial charge in [-0.15, -0.1) is 0 Å². The molecule has 0 amide bonds. The topological polar surface area (TPSA) is 49.5 Å². The predicted octanol–water partition coefficient (Wildman–Crippen LogP) is 2.55. The minimum Gasteiger partial charge on any atom is -0.387 e. The Morgan fingerprint density at radius 3 is 2.05 bits per heavy atom. The molecule has 3 heteroatoms. The molecule has 1 unspecified atom stereocenters. The van der Waals surface area contributed by atoms with Gasteiger partial charge in [-0.05, 0) is 30.9 Å². The van der Waals surface area contributed by atoms with Gasteiger partial charge in [-0.2, -0.15) is 0 Å². The van der Waals surface area contributed by atoms with Crippen LogP contribution < -0.4 is 5.73 Å². The fourth-order valence-corrected chi connectivity index (χ4v) is 2.17. The Morgan fingerprint density at radius 1 is 1.05 bits per heavy atom. The molecule has 0 aliphatic carbocycles.